The predicted molar refractivity (Wildman–Crippen MR) is 270 cm³/mol. The van der Waals surface area contributed by atoms with Crippen LogP contribution in [0.2, 0.25) is 0 Å². The molecule has 0 saturated carbocycles. The minimum Gasteiger partial charge on any atom is -0.462 e. The molecule has 6 heteroatoms. The Bertz CT molecular complexity index is 1330. The highest BCUT2D eigenvalue weighted by Crippen LogP contribution is 2.13. The Morgan fingerprint density at radius 3 is 1.06 bits per heavy atom. The van der Waals surface area contributed by atoms with E-state index >= 15 is 0 Å². The van der Waals surface area contributed by atoms with Crippen LogP contribution in [0.5, 0.6) is 0 Å². The summed E-state index contributed by atoms with van der Waals surface area (Å²) in [4.78, 5) is 37.9. The van der Waals surface area contributed by atoms with Gasteiger partial charge in [0.15, 0.2) is 6.10 Å². The molecule has 0 aliphatic carbocycles. The fourth-order valence-corrected chi connectivity index (χ4v) is 6.54. The molecule has 1 atom stereocenters. The lowest BCUT2D eigenvalue weighted by atomic mass is 10.1. The van der Waals surface area contributed by atoms with E-state index in [9.17, 15) is 14.4 Å². The molecule has 0 amide bonds. The van der Waals surface area contributed by atoms with Gasteiger partial charge in [-0.1, -0.05) is 214 Å². The van der Waals surface area contributed by atoms with E-state index in [1.54, 1.807) is 0 Å². The third kappa shape index (κ3) is 49.0. The van der Waals surface area contributed by atoms with Gasteiger partial charge in [-0.3, -0.25) is 14.4 Å². The Balaban J connectivity index is 4.53. The summed E-state index contributed by atoms with van der Waals surface area (Å²) >= 11 is 0. The van der Waals surface area contributed by atoms with Crippen molar-refractivity contribution >= 4 is 17.9 Å². The van der Waals surface area contributed by atoms with E-state index in [0.717, 1.165) is 116 Å². The second-order valence-electron chi connectivity index (χ2n) is 16.3. The molecule has 0 aliphatic heterocycles. The monoisotopic (exact) mass is 873 g/mol. The van der Waals surface area contributed by atoms with Crippen LogP contribution >= 0.6 is 0 Å². The molecule has 0 N–H and O–H groups in total. The van der Waals surface area contributed by atoms with Crippen molar-refractivity contribution in [2.45, 2.75) is 219 Å². The summed E-state index contributed by atoms with van der Waals surface area (Å²) in [6, 6.07) is 0. The molecule has 0 radical (unpaired) electrons. The molecule has 0 rings (SSSR count). The van der Waals surface area contributed by atoms with E-state index in [1.807, 2.05) is 12.2 Å². The number of esters is 3. The fraction of sp³-hybridized carbons (Fsp3) is 0.632. The van der Waals surface area contributed by atoms with Crippen molar-refractivity contribution in [3.8, 4) is 0 Å². The molecule has 0 saturated heterocycles. The number of unbranched alkanes of at least 4 members (excludes halogenated alkanes) is 15. The molecular formula is C57H92O6. The third-order valence-electron chi connectivity index (χ3n) is 10.3. The molecule has 0 spiro atoms. The van der Waals surface area contributed by atoms with E-state index in [0.29, 0.717) is 19.3 Å². The first kappa shape index (κ1) is 59.1. The van der Waals surface area contributed by atoms with Gasteiger partial charge in [0.1, 0.15) is 13.2 Å². The molecule has 0 bridgehead atoms. The number of hydrogen-bond donors (Lipinski definition) is 0. The van der Waals surface area contributed by atoms with E-state index in [-0.39, 0.29) is 37.5 Å². The minimum absolute atomic E-state index is 0.109. The van der Waals surface area contributed by atoms with Crippen LogP contribution in [0, 0.1) is 0 Å². The maximum absolute atomic E-state index is 12.8. The SMILES string of the molecule is CC/C=C\C/C=C\C/C=C\C/C=C\C/C=C\C/C=C\CCC(=O)OC[C@H](COC(=O)CCCCCCCCCCCCC)OC(=O)CCCCCCC/C=C\C/C=C\C/C=C\CC. The van der Waals surface area contributed by atoms with Crippen molar-refractivity contribution < 1.29 is 28.6 Å². The van der Waals surface area contributed by atoms with Gasteiger partial charge in [-0.15, -0.1) is 0 Å². The highest BCUT2D eigenvalue weighted by molar-refractivity contribution is 5.71. The van der Waals surface area contributed by atoms with Gasteiger partial charge < -0.3 is 14.2 Å². The zero-order valence-electron chi connectivity index (χ0n) is 40.5. The Morgan fingerprint density at radius 1 is 0.333 bits per heavy atom. The molecule has 0 unspecified atom stereocenters. The average Bonchev–Trinajstić information content (AvgIpc) is 3.28. The van der Waals surface area contributed by atoms with Gasteiger partial charge in [-0.2, -0.15) is 0 Å². The molecular weight excluding hydrogens is 781 g/mol. The van der Waals surface area contributed by atoms with Gasteiger partial charge in [0.05, 0.1) is 0 Å². The van der Waals surface area contributed by atoms with Gasteiger partial charge in [-0.05, 0) is 89.9 Å². The summed E-state index contributed by atoms with van der Waals surface area (Å²) in [6.07, 6.45) is 68.0. The van der Waals surface area contributed by atoms with Gasteiger partial charge in [-0.25, -0.2) is 0 Å². The Hall–Kier alpha value is -3.93. The average molecular weight is 873 g/mol. The predicted octanol–water partition coefficient (Wildman–Crippen LogP) is 16.8. The van der Waals surface area contributed by atoms with Gasteiger partial charge in [0.2, 0.25) is 0 Å². The quantitative estimate of drug-likeness (QED) is 0.0263. The van der Waals surface area contributed by atoms with Crippen molar-refractivity contribution in [2.75, 3.05) is 13.2 Å². The number of rotatable bonds is 44. The summed E-state index contributed by atoms with van der Waals surface area (Å²) in [5.74, 6) is -1.02. The van der Waals surface area contributed by atoms with Crippen LogP contribution in [0.4, 0.5) is 0 Å². The smallest absolute Gasteiger partial charge is 0.306 e. The maximum Gasteiger partial charge on any atom is 0.306 e. The molecule has 0 aliphatic rings. The first-order valence-corrected chi connectivity index (χ1v) is 25.4. The van der Waals surface area contributed by atoms with E-state index in [2.05, 4.69) is 118 Å². The zero-order chi connectivity index (χ0) is 45.8. The second kappa shape index (κ2) is 50.7. The summed E-state index contributed by atoms with van der Waals surface area (Å²) < 4.78 is 16.7. The largest absolute Gasteiger partial charge is 0.462 e. The summed E-state index contributed by atoms with van der Waals surface area (Å²) in [5, 5.41) is 0. The van der Waals surface area contributed by atoms with E-state index in [1.165, 1.54) is 51.4 Å². The normalized spacial score (nSPS) is 13.0. The summed E-state index contributed by atoms with van der Waals surface area (Å²) in [7, 11) is 0. The first-order valence-electron chi connectivity index (χ1n) is 25.4. The van der Waals surface area contributed by atoms with E-state index in [4.69, 9.17) is 14.2 Å². The van der Waals surface area contributed by atoms with Crippen LogP contribution in [0.1, 0.15) is 213 Å². The van der Waals surface area contributed by atoms with Crippen molar-refractivity contribution in [2.24, 2.45) is 0 Å². The number of allylic oxidation sites excluding steroid dienone is 18. The Morgan fingerprint density at radius 2 is 0.651 bits per heavy atom. The van der Waals surface area contributed by atoms with Crippen LogP contribution in [0.15, 0.2) is 109 Å². The zero-order valence-corrected chi connectivity index (χ0v) is 40.5. The van der Waals surface area contributed by atoms with Crippen LogP contribution in [-0.2, 0) is 28.6 Å². The standard InChI is InChI=1S/C57H92O6/c1-4-7-10-13-16-19-22-24-26-27-28-29-31-32-35-38-41-44-47-50-56(59)62-53-54(52-61-55(58)49-46-43-40-37-34-21-18-15-12-9-6-3)63-57(60)51-48-45-42-39-36-33-30-25-23-20-17-14-11-8-5-2/h7-8,10-11,16-17,19-20,24-26,28-30,32,35,41,44,54H,4-6,9,12-15,18,21-23,27,31,33-34,36-40,42-43,45-53H2,1-3H3/b10-7-,11-8-,19-16-,20-17-,26-24-,29-28-,30-25-,35-32-,44-41-/t54-/m0/s1. The van der Waals surface area contributed by atoms with Crippen LogP contribution in [-0.4, -0.2) is 37.2 Å². The number of carbonyl (C=O) groups excluding carboxylic acids is 3. The molecule has 0 aromatic rings. The molecule has 0 aromatic carbocycles. The van der Waals surface area contributed by atoms with Crippen LogP contribution in [0.3, 0.4) is 0 Å². The summed E-state index contributed by atoms with van der Waals surface area (Å²) in [5.41, 5.74) is 0. The third-order valence-corrected chi connectivity index (χ3v) is 10.3. The van der Waals surface area contributed by atoms with Crippen molar-refractivity contribution in [1.29, 1.82) is 0 Å². The summed E-state index contributed by atoms with van der Waals surface area (Å²) in [6.45, 7) is 6.31. The van der Waals surface area contributed by atoms with Crippen molar-refractivity contribution in [1.82, 2.24) is 0 Å². The molecule has 0 fully saturated rings. The molecule has 356 valence electrons. The van der Waals surface area contributed by atoms with Crippen molar-refractivity contribution in [3.63, 3.8) is 0 Å². The van der Waals surface area contributed by atoms with Gasteiger partial charge in [0, 0.05) is 19.3 Å². The fourth-order valence-electron chi connectivity index (χ4n) is 6.54. The first-order chi connectivity index (χ1) is 31.0. The number of carbonyl (C=O) groups is 3. The van der Waals surface area contributed by atoms with Gasteiger partial charge >= 0.3 is 17.9 Å². The highest BCUT2D eigenvalue weighted by Gasteiger charge is 2.19. The minimum atomic E-state index is -0.817. The molecule has 6 nitrogen and oxygen atoms in total. The van der Waals surface area contributed by atoms with Crippen LogP contribution in [0.25, 0.3) is 0 Å². The lowest BCUT2D eigenvalue weighted by Gasteiger charge is -2.18. The highest BCUT2D eigenvalue weighted by atomic mass is 16.6. The topological polar surface area (TPSA) is 78.9 Å². The van der Waals surface area contributed by atoms with Crippen molar-refractivity contribution in [3.05, 3.63) is 109 Å². The lowest BCUT2D eigenvalue weighted by Crippen LogP contribution is -2.30. The second-order valence-corrected chi connectivity index (χ2v) is 16.3. The lowest BCUT2D eigenvalue weighted by molar-refractivity contribution is -0.166. The van der Waals surface area contributed by atoms with Crippen LogP contribution < -0.4 is 0 Å². The maximum atomic E-state index is 12.8. The number of hydrogen-bond acceptors (Lipinski definition) is 6. The molecule has 0 heterocycles. The Labute approximate surface area is 387 Å². The molecule has 63 heavy (non-hydrogen) atoms. The van der Waals surface area contributed by atoms with Gasteiger partial charge in [0.25, 0.3) is 0 Å². The number of ether oxygens (including phenoxy) is 3. The van der Waals surface area contributed by atoms with E-state index < -0.39 is 6.10 Å². The Kier molecular flexibility index (Phi) is 47.5. The molecule has 0 aromatic heterocycles.